The number of carbonyl (C=O) groups is 1. The predicted molar refractivity (Wildman–Crippen MR) is 105 cm³/mol. The summed E-state index contributed by atoms with van der Waals surface area (Å²) in [5.41, 5.74) is 0.738. The summed E-state index contributed by atoms with van der Waals surface area (Å²) >= 11 is 0. The standard InChI is InChI=1S/C17H21N3O5S2/c1-19(2)27(24,25)16-11-9-15(10-12-16)20(26(3,22)23)13-17(21)18-14-7-5-4-6-8-14/h4-12H,13H2,1-3H3,(H,18,21). The highest BCUT2D eigenvalue weighted by Crippen LogP contribution is 2.21. The van der Waals surface area contributed by atoms with Crippen molar-refractivity contribution in [3.05, 3.63) is 54.6 Å². The lowest BCUT2D eigenvalue weighted by Gasteiger charge is -2.22. The van der Waals surface area contributed by atoms with Crippen LogP contribution in [-0.2, 0) is 24.8 Å². The molecule has 0 saturated heterocycles. The first-order valence-corrected chi connectivity index (χ1v) is 11.2. The number of anilines is 2. The normalized spacial score (nSPS) is 12.0. The Bertz CT molecular complexity index is 1000. The third-order valence-corrected chi connectivity index (χ3v) is 6.62. The molecule has 10 heteroatoms. The van der Waals surface area contributed by atoms with Crippen LogP contribution in [0.4, 0.5) is 11.4 Å². The zero-order valence-corrected chi connectivity index (χ0v) is 16.8. The number of para-hydroxylation sites is 1. The number of sulfonamides is 2. The lowest BCUT2D eigenvalue weighted by molar-refractivity contribution is -0.114. The largest absolute Gasteiger partial charge is 0.325 e. The quantitative estimate of drug-likeness (QED) is 0.740. The average molecular weight is 412 g/mol. The summed E-state index contributed by atoms with van der Waals surface area (Å²) in [5.74, 6) is -0.517. The molecule has 0 aliphatic rings. The smallest absolute Gasteiger partial charge is 0.245 e. The molecule has 0 aliphatic carbocycles. The highest BCUT2D eigenvalue weighted by Gasteiger charge is 2.23. The summed E-state index contributed by atoms with van der Waals surface area (Å²) in [7, 11) is -4.58. The molecule has 0 aliphatic heterocycles. The Balaban J connectivity index is 2.26. The number of benzene rings is 2. The monoisotopic (exact) mass is 411 g/mol. The lowest BCUT2D eigenvalue weighted by Crippen LogP contribution is -2.37. The predicted octanol–water partition coefficient (Wildman–Crippen LogP) is 1.34. The molecular formula is C17H21N3O5S2. The zero-order valence-electron chi connectivity index (χ0n) is 15.2. The molecule has 0 aromatic heterocycles. The third kappa shape index (κ3) is 5.28. The molecule has 0 radical (unpaired) electrons. The molecule has 0 atom stereocenters. The van der Waals surface area contributed by atoms with Gasteiger partial charge in [0.15, 0.2) is 0 Å². The van der Waals surface area contributed by atoms with Crippen LogP contribution in [0.5, 0.6) is 0 Å². The maximum absolute atomic E-state index is 12.2. The van der Waals surface area contributed by atoms with E-state index in [-0.39, 0.29) is 10.6 Å². The second-order valence-corrected chi connectivity index (χ2v) is 10.0. The van der Waals surface area contributed by atoms with E-state index >= 15 is 0 Å². The molecule has 146 valence electrons. The van der Waals surface area contributed by atoms with Crippen LogP contribution >= 0.6 is 0 Å². The minimum Gasteiger partial charge on any atom is -0.325 e. The molecule has 1 N–H and O–H groups in total. The van der Waals surface area contributed by atoms with Crippen LogP contribution in [0.1, 0.15) is 0 Å². The van der Waals surface area contributed by atoms with E-state index in [0.717, 1.165) is 14.9 Å². The summed E-state index contributed by atoms with van der Waals surface area (Å²) < 4.78 is 50.5. The molecule has 2 aromatic rings. The van der Waals surface area contributed by atoms with E-state index in [0.29, 0.717) is 5.69 Å². The van der Waals surface area contributed by atoms with Gasteiger partial charge in [0.1, 0.15) is 6.54 Å². The molecule has 0 unspecified atom stereocenters. The first-order chi connectivity index (χ1) is 12.5. The fourth-order valence-corrected chi connectivity index (χ4v) is 4.01. The van der Waals surface area contributed by atoms with Crippen molar-refractivity contribution in [2.24, 2.45) is 0 Å². The van der Waals surface area contributed by atoms with Gasteiger partial charge in [0.2, 0.25) is 26.0 Å². The van der Waals surface area contributed by atoms with Crippen molar-refractivity contribution >= 4 is 37.3 Å². The van der Waals surface area contributed by atoms with Gasteiger partial charge in [0.25, 0.3) is 0 Å². The number of amides is 1. The molecule has 0 heterocycles. The second kappa shape index (κ2) is 8.07. The molecule has 27 heavy (non-hydrogen) atoms. The highest BCUT2D eigenvalue weighted by molar-refractivity contribution is 7.92. The van der Waals surface area contributed by atoms with E-state index in [1.165, 1.54) is 38.4 Å². The van der Waals surface area contributed by atoms with E-state index in [1.54, 1.807) is 30.3 Å². The minimum atomic E-state index is -3.76. The fourth-order valence-electron chi connectivity index (χ4n) is 2.25. The van der Waals surface area contributed by atoms with Gasteiger partial charge in [-0.05, 0) is 36.4 Å². The molecule has 2 aromatic carbocycles. The maximum Gasteiger partial charge on any atom is 0.245 e. The molecule has 0 saturated carbocycles. The SMILES string of the molecule is CN(C)S(=O)(=O)c1ccc(N(CC(=O)Nc2ccccc2)S(C)(=O)=O)cc1. The molecule has 1 amide bonds. The molecule has 0 bridgehead atoms. The summed E-state index contributed by atoms with van der Waals surface area (Å²) in [5, 5.41) is 2.62. The Morgan fingerprint density at radius 3 is 1.96 bits per heavy atom. The van der Waals surface area contributed by atoms with Crippen LogP contribution in [0.25, 0.3) is 0 Å². The van der Waals surface area contributed by atoms with Gasteiger partial charge in [0.05, 0.1) is 16.8 Å². The number of hydrogen-bond acceptors (Lipinski definition) is 5. The van der Waals surface area contributed by atoms with E-state index in [1.807, 2.05) is 0 Å². The Labute approximate surface area is 159 Å². The maximum atomic E-state index is 12.2. The van der Waals surface area contributed by atoms with Crippen molar-refractivity contribution in [2.75, 3.05) is 36.5 Å². The second-order valence-electron chi connectivity index (χ2n) is 5.97. The summed E-state index contributed by atoms with van der Waals surface area (Å²) in [6, 6.07) is 14.0. The first-order valence-electron chi connectivity index (χ1n) is 7.87. The highest BCUT2D eigenvalue weighted by atomic mass is 32.2. The molecule has 8 nitrogen and oxygen atoms in total. The van der Waals surface area contributed by atoms with Gasteiger partial charge in [-0.15, -0.1) is 0 Å². The Hall–Kier alpha value is -2.43. The number of rotatable bonds is 7. The number of nitrogens with one attached hydrogen (secondary N) is 1. The van der Waals surface area contributed by atoms with Crippen LogP contribution in [0.15, 0.2) is 59.5 Å². The topological polar surface area (TPSA) is 104 Å². The van der Waals surface area contributed by atoms with Gasteiger partial charge in [-0.2, -0.15) is 0 Å². The van der Waals surface area contributed by atoms with Crippen molar-refractivity contribution in [3.8, 4) is 0 Å². The summed E-state index contributed by atoms with van der Waals surface area (Å²) in [6.07, 6.45) is 0.979. The molecule has 0 spiro atoms. The Kier molecular flexibility index (Phi) is 6.24. The Morgan fingerprint density at radius 2 is 1.48 bits per heavy atom. The molecular weight excluding hydrogens is 390 g/mol. The van der Waals surface area contributed by atoms with E-state index < -0.39 is 32.5 Å². The van der Waals surface area contributed by atoms with Crippen LogP contribution in [0, 0.1) is 0 Å². The molecule has 2 rings (SSSR count). The summed E-state index contributed by atoms with van der Waals surface area (Å²) in [4.78, 5) is 12.3. The van der Waals surface area contributed by atoms with Gasteiger partial charge in [0, 0.05) is 19.8 Å². The van der Waals surface area contributed by atoms with E-state index in [2.05, 4.69) is 5.32 Å². The number of carbonyl (C=O) groups excluding carboxylic acids is 1. The van der Waals surface area contributed by atoms with E-state index in [4.69, 9.17) is 0 Å². The van der Waals surface area contributed by atoms with Gasteiger partial charge in [-0.3, -0.25) is 9.10 Å². The summed E-state index contributed by atoms with van der Waals surface area (Å²) in [6.45, 7) is -0.437. The van der Waals surface area contributed by atoms with E-state index in [9.17, 15) is 21.6 Å². The third-order valence-electron chi connectivity index (χ3n) is 3.65. The van der Waals surface area contributed by atoms with Crippen molar-refractivity contribution < 1.29 is 21.6 Å². The number of nitrogens with zero attached hydrogens (tertiary/aromatic N) is 2. The van der Waals surface area contributed by atoms with Gasteiger partial charge in [-0.25, -0.2) is 21.1 Å². The minimum absolute atomic E-state index is 0.0263. The molecule has 0 fully saturated rings. The van der Waals surface area contributed by atoms with Gasteiger partial charge < -0.3 is 5.32 Å². The van der Waals surface area contributed by atoms with Crippen molar-refractivity contribution in [1.29, 1.82) is 0 Å². The van der Waals surface area contributed by atoms with Crippen LogP contribution in [-0.4, -0.2) is 53.9 Å². The average Bonchev–Trinajstić information content (AvgIpc) is 2.59. The van der Waals surface area contributed by atoms with Crippen LogP contribution < -0.4 is 9.62 Å². The number of hydrogen-bond donors (Lipinski definition) is 1. The zero-order chi connectivity index (χ0) is 20.2. The van der Waals surface area contributed by atoms with Crippen molar-refractivity contribution in [3.63, 3.8) is 0 Å². The van der Waals surface area contributed by atoms with Crippen molar-refractivity contribution in [2.45, 2.75) is 4.90 Å². The van der Waals surface area contributed by atoms with Gasteiger partial charge in [-0.1, -0.05) is 18.2 Å². The fraction of sp³-hybridized carbons (Fsp3) is 0.235. The van der Waals surface area contributed by atoms with Crippen molar-refractivity contribution in [1.82, 2.24) is 4.31 Å². The van der Waals surface area contributed by atoms with Crippen LogP contribution in [0.3, 0.4) is 0 Å². The van der Waals surface area contributed by atoms with Gasteiger partial charge >= 0.3 is 0 Å². The first kappa shape index (κ1) is 20.9. The Morgan fingerprint density at radius 1 is 0.926 bits per heavy atom. The lowest BCUT2D eigenvalue weighted by atomic mass is 10.3. The van der Waals surface area contributed by atoms with Crippen LogP contribution in [0.2, 0.25) is 0 Å².